The Morgan fingerprint density at radius 2 is 2.25 bits per heavy atom. The number of aromatic nitrogens is 6. The second-order valence-corrected chi connectivity index (χ2v) is 4.75. The number of amides is 1. The fourth-order valence-corrected chi connectivity index (χ4v) is 2.02. The molecule has 0 aliphatic carbocycles. The molecule has 0 spiro atoms. The van der Waals surface area contributed by atoms with Crippen LogP contribution in [0.3, 0.4) is 0 Å². The summed E-state index contributed by atoms with van der Waals surface area (Å²) in [6, 6.07) is 0. The molecule has 108 valence electrons. The van der Waals surface area contributed by atoms with E-state index in [0.717, 1.165) is 12.4 Å². The second kappa shape index (κ2) is 6.27. The van der Waals surface area contributed by atoms with Gasteiger partial charge in [-0.05, 0) is 6.92 Å². The van der Waals surface area contributed by atoms with Crippen molar-refractivity contribution in [2.24, 2.45) is 5.92 Å². The minimum absolute atomic E-state index is 0.0474. The molecule has 20 heavy (non-hydrogen) atoms. The van der Waals surface area contributed by atoms with Crippen LogP contribution in [0, 0.1) is 5.92 Å². The molecule has 1 atom stereocenters. The van der Waals surface area contributed by atoms with Crippen molar-refractivity contribution >= 4 is 5.91 Å². The molecule has 2 heterocycles. The summed E-state index contributed by atoms with van der Waals surface area (Å²) in [4.78, 5) is 17.8. The van der Waals surface area contributed by atoms with Crippen LogP contribution in [0.1, 0.15) is 19.7 Å². The number of hydrogen-bond donors (Lipinski definition) is 0. The van der Waals surface area contributed by atoms with Crippen molar-refractivity contribution in [3.63, 3.8) is 0 Å². The molecule has 0 bridgehead atoms. The smallest absolute Gasteiger partial charge is 0.227 e. The minimum atomic E-state index is -0.167. The topological polar surface area (TPSA) is 81.7 Å². The first-order valence-electron chi connectivity index (χ1n) is 6.55. The molecule has 0 aliphatic heterocycles. The molecule has 0 aliphatic rings. The van der Waals surface area contributed by atoms with Gasteiger partial charge in [0, 0.05) is 13.6 Å². The van der Waals surface area contributed by atoms with Gasteiger partial charge in [0.1, 0.15) is 19.0 Å². The monoisotopic (exact) mass is 277 g/mol. The van der Waals surface area contributed by atoms with Crippen molar-refractivity contribution in [1.29, 1.82) is 0 Å². The third-order valence-corrected chi connectivity index (χ3v) is 3.14. The number of hydrogen-bond acceptors (Lipinski definition) is 5. The van der Waals surface area contributed by atoms with Crippen LogP contribution in [0.2, 0.25) is 0 Å². The van der Waals surface area contributed by atoms with Crippen molar-refractivity contribution in [2.75, 3.05) is 7.05 Å². The average Bonchev–Trinajstić information content (AvgIpc) is 3.08. The Bertz CT molecular complexity index is 548. The summed E-state index contributed by atoms with van der Waals surface area (Å²) in [5.74, 6) is 0.669. The molecular weight excluding hydrogens is 258 g/mol. The lowest BCUT2D eigenvalue weighted by atomic mass is 10.1. The van der Waals surface area contributed by atoms with E-state index in [4.69, 9.17) is 0 Å². The van der Waals surface area contributed by atoms with Crippen molar-refractivity contribution in [2.45, 2.75) is 33.5 Å². The number of carbonyl (C=O) groups excluding carboxylic acids is 1. The van der Waals surface area contributed by atoms with E-state index in [1.54, 1.807) is 29.3 Å². The highest BCUT2D eigenvalue weighted by atomic mass is 16.2. The van der Waals surface area contributed by atoms with Crippen molar-refractivity contribution in [3.05, 3.63) is 24.8 Å². The second-order valence-electron chi connectivity index (χ2n) is 4.75. The van der Waals surface area contributed by atoms with E-state index < -0.39 is 0 Å². The molecule has 0 radical (unpaired) electrons. The van der Waals surface area contributed by atoms with Gasteiger partial charge in [-0.1, -0.05) is 6.92 Å². The van der Waals surface area contributed by atoms with Gasteiger partial charge >= 0.3 is 0 Å². The van der Waals surface area contributed by atoms with Crippen LogP contribution in [0.25, 0.3) is 0 Å². The summed E-state index contributed by atoms with van der Waals surface area (Å²) in [6.45, 7) is 5.66. The van der Waals surface area contributed by atoms with Gasteiger partial charge in [-0.25, -0.2) is 4.98 Å². The molecule has 1 amide bonds. The molecule has 2 aromatic heterocycles. The molecule has 0 N–H and O–H groups in total. The largest absolute Gasteiger partial charge is 0.338 e. The maximum absolute atomic E-state index is 12.3. The Labute approximate surface area is 117 Å². The first-order chi connectivity index (χ1) is 9.61. The molecule has 0 aromatic carbocycles. The highest BCUT2D eigenvalue weighted by Crippen LogP contribution is 2.07. The number of aryl methyl sites for hydroxylation is 1. The van der Waals surface area contributed by atoms with Crippen LogP contribution < -0.4 is 0 Å². The van der Waals surface area contributed by atoms with E-state index in [-0.39, 0.29) is 11.8 Å². The van der Waals surface area contributed by atoms with Crippen molar-refractivity contribution in [3.8, 4) is 0 Å². The van der Waals surface area contributed by atoms with E-state index in [0.29, 0.717) is 13.1 Å². The van der Waals surface area contributed by atoms with Crippen LogP contribution in [0.15, 0.2) is 19.0 Å². The summed E-state index contributed by atoms with van der Waals surface area (Å²) in [6.07, 6.45) is 4.74. The molecule has 0 saturated carbocycles. The first kappa shape index (κ1) is 14.2. The molecule has 1 unspecified atom stereocenters. The van der Waals surface area contributed by atoms with Gasteiger partial charge in [-0.2, -0.15) is 5.10 Å². The number of nitrogens with zero attached hydrogens (tertiary/aromatic N) is 7. The quantitative estimate of drug-likeness (QED) is 0.752. The highest BCUT2D eigenvalue weighted by Gasteiger charge is 2.19. The molecule has 8 heteroatoms. The van der Waals surface area contributed by atoms with Gasteiger partial charge < -0.3 is 9.47 Å². The maximum Gasteiger partial charge on any atom is 0.227 e. The summed E-state index contributed by atoms with van der Waals surface area (Å²) in [5.41, 5.74) is 0. The van der Waals surface area contributed by atoms with Crippen LogP contribution in [0.5, 0.6) is 0 Å². The Kier molecular flexibility index (Phi) is 4.44. The lowest BCUT2D eigenvalue weighted by Crippen LogP contribution is -2.34. The van der Waals surface area contributed by atoms with E-state index >= 15 is 0 Å². The van der Waals surface area contributed by atoms with Crippen molar-refractivity contribution in [1.82, 2.24) is 34.4 Å². The molecule has 0 saturated heterocycles. The van der Waals surface area contributed by atoms with Gasteiger partial charge in [-0.3, -0.25) is 9.48 Å². The van der Waals surface area contributed by atoms with Crippen LogP contribution in [0.4, 0.5) is 0 Å². The van der Waals surface area contributed by atoms with Crippen LogP contribution >= 0.6 is 0 Å². The van der Waals surface area contributed by atoms with E-state index in [2.05, 4.69) is 20.3 Å². The lowest BCUT2D eigenvalue weighted by molar-refractivity contribution is -0.134. The third-order valence-electron chi connectivity index (χ3n) is 3.14. The summed E-state index contributed by atoms with van der Waals surface area (Å²) < 4.78 is 3.58. The van der Waals surface area contributed by atoms with Crippen LogP contribution in [-0.2, 0) is 24.4 Å². The van der Waals surface area contributed by atoms with E-state index in [1.165, 1.54) is 6.33 Å². The molecule has 2 aromatic rings. The number of carbonyl (C=O) groups is 1. The van der Waals surface area contributed by atoms with E-state index in [1.807, 2.05) is 18.4 Å². The zero-order chi connectivity index (χ0) is 14.5. The molecule has 8 nitrogen and oxygen atoms in total. The fraction of sp³-hybridized carbons (Fsp3) is 0.583. The summed E-state index contributed by atoms with van der Waals surface area (Å²) in [5, 5.41) is 11.9. The Morgan fingerprint density at radius 1 is 1.45 bits per heavy atom. The van der Waals surface area contributed by atoms with Gasteiger partial charge in [0.05, 0.1) is 19.0 Å². The lowest BCUT2D eigenvalue weighted by Gasteiger charge is -2.21. The third kappa shape index (κ3) is 3.19. The predicted molar refractivity (Wildman–Crippen MR) is 71.4 cm³/mol. The Hall–Kier alpha value is -2.25. The highest BCUT2D eigenvalue weighted by molar-refractivity contribution is 5.78. The zero-order valence-electron chi connectivity index (χ0n) is 12.0. The maximum atomic E-state index is 12.3. The summed E-state index contributed by atoms with van der Waals surface area (Å²) >= 11 is 0. The van der Waals surface area contributed by atoms with Crippen molar-refractivity contribution < 1.29 is 4.79 Å². The summed E-state index contributed by atoms with van der Waals surface area (Å²) in [7, 11) is 1.77. The Morgan fingerprint density at radius 3 is 2.90 bits per heavy atom. The minimum Gasteiger partial charge on any atom is -0.338 e. The van der Waals surface area contributed by atoms with Gasteiger partial charge in [-0.15, -0.1) is 10.2 Å². The zero-order valence-corrected chi connectivity index (χ0v) is 12.0. The molecule has 2 rings (SSSR count). The van der Waals surface area contributed by atoms with Gasteiger partial charge in [0.2, 0.25) is 5.91 Å². The normalized spacial score (nSPS) is 12.3. The average molecular weight is 277 g/mol. The number of rotatable bonds is 6. The predicted octanol–water partition coefficient (Wildman–Crippen LogP) is 0.184. The first-order valence-corrected chi connectivity index (χ1v) is 6.55. The Balaban J connectivity index is 1.94. The van der Waals surface area contributed by atoms with Gasteiger partial charge in [0.15, 0.2) is 5.82 Å². The molecular formula is C12H19N7O. The molecule has 0 fully saturated rings. The fourth-order valence-electron chi connectivity index (χ4n) is 2.02. The van der Waals surface area contributed by atoms with Crippen LogP contribution in [-0.4, -0.2) is 47.4 Å². The van der Waals surface area contributed by atoms with Gasteiger partial charge in [0.25, 0.3) is 0 Å². The van der Waals surface area contributed by atoms with E-state index in [9.17, 15) is 4.79 Å². The SMILES string of the molecule is CCn1cnnc1CN(C)C(=O)C(C)Cn1cncn1. The standard InChI is InChI=1S/C12H19N7O/c1-4-18-9-14-16-11(18)6-17(3)12(20)10(2)5-19-8-13-7-15-19/h7-10H,4-6H2,1-3H3.